The van der Waals surface area contributed by atoms with Gasteiger partial charge in [0.05, 0.1) is 7.11 Å². The van der Waals surface area contributed by atoms with Crippen LogP contribution in [-0.2, 0) is 16.0 Å². The molecule has 3 fully saturated rings. The van der Waals surface area contributed by atoms with Crippen LogP contribution in [0.5, 0.6) is 11.5 Å². The summed E-state index contributed by atoms with van der Waals surface area (Å²) in [5.41, 5.74) is 0.960. The van der Waals surface area contributed by atoms with E-state index >= 15 is 4.39 Å². The van der Waals surface area contributed by atoms with Gasteiger partial charge in [-0.05, 0) is 70.8 Å². The lowest BCUT2D eigenvalue weighted by atomic mass is 9.72. The van der Waals surface area contributed by atoms with Crippen LogP contribution in [0.25, 0.3) is 10.8 Å². The molecule has 3 aromatic carbocycles. The zero-order valence-electron chi connectivity index (χ0n) is 23.3. The van der Waals surface area contributed by atoms with Crippen LogP contribution in [0.15, 0.2) is 60.7 Å². The molecule has 1 spiro atoms. The molecule has 0 radical (unpaired) electrons. The van der Waals surface area contributed by atoms with Gasteiger partial charge in [-0.1, -0.05) is 12.1 Å². The minimum absolute atomic E-state index is 0.0516. The number of nitrogens with zero attached hydrogens (tertiary/aromatic N) is 3. The molecule has 0 aromatic heterocycles. The fourth-order valence-electron chi connectivity index (χ4n) is 6.01. The van der Waals surface area contributed by atoms with E-state index in [9.17, 15) is 28.6 Å². The molecule has 3 aliphatic heterocycles. The Morgan fingerprint density at radius 3 is 2.44 bits per heavy atom. The van der Waals surface area contributed by atoms with E-state index in [0.29, 0.717) is 36.2 Å². The quantitative estimate of drug-likeness (QED) is 0.223. The van der Waals surface area contributed by atoms with Crippen molar-refractivity contribution in [3.05, 3.63) is 77.6 Å². The molecule has 3 saturated heterocycles. The fourth-order valence-corrected chi connectivity index (χ4v) is 7.21. The largest absolute Gasteiger partial charge is 0.506 e. The number of amides is 2. The number of carbonyl (C=O) groups is 3. The summed E-state index contributed by atoms with van der Waals surface area (Å²) in [6, 6.07) is 13.3. The van der Waals surface area contributed by atoms with Crippen molar-refractivity contribution in [2.24, 2.45) is 5.41 Å². The van der Waals surface area contributed by atoms with Gasteiger partial charge in [0.15, 0.2) is 11.6 Å². The van der Waals surface area contributed by atoms with Crippen LogP contribution in [0.1, 0.15) is 15.9 Å². The number of hydrogen-bond donors (Lipinski definition) is 4. The van der Waals surface area contributed by atoms with Gasteiger partial charge in [0, 0.05) is 55.2 Å². The Bertz CT molecular complexity index is 1650. The molecule has 2 amide bonds. The number of benzene rings is 3. The van der Waals surface area contributed by atoms with Crippen molar-refractivity contribution in [3.8, 4) is 11.5 Å². The van der Waals surface area contributed by atoms with Crippen LogP contribution < -0.4 is 13.8 Å². The number of likely N-dealkylation sites (tertiary alicyclic amines) is 2. The Hall–Kier alpha value is -4.17. The summed E-state index contributed by atoms with van der Waals surface area (Å²) < 4.78 is 43.7. The summed E-state index contributed by atoms with van der Waals surface area (Å²) >= 11 is 0. The second-order valence-corrected chi connectivity index (χ2v) is 13.0. The van der Waals surface area contributed by atoms with E-state index in [0.717, 1.165) is 29.5 Å². The summed E-state index contributed by atoms with van der Waals surface area (Å²) in [4.78, 5) is 40.6. The van der Waals surface area contributed by atoms with Crippen molar-refractivity contribution in [1.82, 2.24) is 14.5 Å². The van der Waals surface area contributed by atoms with E-state index in [1.807, 2.05) is 10.8 Å². The molecule has 3 aromatic rings. The van der Waals surface area contributed by atoms with Crippen molar-refractivity contribution >= 4 is 45.0 Å². The average Bonchev–Trinajstić information content (AvgIpc) is 3.21. The number of phenolic OH excluding ortho intramolecular Hbond substituents is 1. The number of carbonyl (C=O) groups excluding carboxylic acids is 3. The van der Waals surface area contributed by atoms with E-state index < -0.39 is 40.7 Å². The zero-order chi connectivity index (χ0) is 30.5. The van der Waals surface area contributed by atoms with Crippen LogP contribution >= 0.6 is 11.0 Å². The van der Waals surface area contributed by atoms with E-state index in [-0.39, 0.29) is 22.5 Å². The standard InChI is InChI=1S/C30H31FN4O7S/c1-42-22-6-4-20(5-7-22)24(36)8-9-27(39)34-17-30(18-34)15-33(16-30)11-10-19-2-3-21-13-25(37)29(28(31)23(21)12-19)35-14-26(38)32-43(35,40)41/h2-9,12-13,37,40-41H,10-11,14-18H2,1H3,(H,32,38)/b9-8+. The van der Waals surface area contributed by atoms with Gasteiger partial charge in [0.1, 0.15) is 23.7 Å². The summed E-state index contributed by atoms with van der Waals surface area (Å²) in [7, 11) is -2.24. The molecular weight excluding hydrogens is 579 g/mol. The molecular formula is C30H31FN4O7S. The topological polar surface area (TPSA) is 143 Å². The first kappa shape index (κ1) is 28.9. The van der Waals surface area contributed by atoms with Gasteiger partial charge in [0.2, 0.25) is 5.91 Å². The summed E-state index contributed by atoms with van der Waals surface area (Å²) in [6.07, 6.45) is 3.26. The van der Waals surface area contributed by atoms with Gasteiger partial charge in [-0.3, -0.25) is 23.5 Å². The third-order valence-corrected chi connectivity index (χ3v) is 9.57. The molecule has 11 nitrogen and oxygen atoms in total. The van der Waals surface area contributed by atoms with Crippen LogP contribution in [0, 0.1) is 11.2 Å². The van der Waals surface area contributed by atoms with Gasteiger partial charge in [-0.2, -0.15) is 0 Å². The number of aromatic hydroxyl groups is 1. The van der Waals surface area contributed by atoms with Crippen molar-refractivity contribution in [2.45, 2.75) is 6.42 Å². The molecule has 0 saturated carbocycles. The summed E-state index contributed by atoms with van der Waals surface area (Å²) in [6.45, 7) is 3.16. The summed E-state index contributed by atoms with van der Waals surface area (Å²) in [5, 5.41) is 11.1. The molecule has 6 rings (SSSR count). The molecule has 0 atom stereocenters. The Morgan fingerprint density at radius 1 is 1.07 bits per heavy atom. The van der Waals surface area contributed by atoms with Gasteiger partial charge < -0.3 is 19.6 Å². The van der Waals surface area contributed by atoms with Gasteiger partial charge >= 0.3 is 0 Å². The molecule has 13 heteroatoms. The molecule has 3 heterocycles. The number of methoxy groups -OCH3 is 1. The highest BCUT2D eigenvalue weighted by Crippen LogP contribution is 2.50. The Labute approximate surface area is 248 Å². The van der Waals surface area contributed by atoms with Crippen LogP contribution in [0.4, 0.5) is 10.1 Å². The second kappa shape index (κ2) is 10.8. The Morgan fingerprint density at radius 2 is 1.79 bits per heavy atom. The first-order valence-electron chi connectivity index (χ1n) is 13.7. The normalized spacial score (nSPS) is 19.8. The van der Waals surface area contributed by atoms with E-state index in [1.54, 1.807) is 48.4 Å². The number of phenols is 1. The van der Waals surface area contributed by atoms with Gasteiger partial charge in [0.25, 0.3) is 5.91 Å². The maximum absolute atomic E-state index is 15.6. The van der Waals surface area contributed by atoms with Crippen molar-refractivity contribution < 1.29 is 37.7 Å². The first-order chi connectivity index (χ1) is 20.5. The minimum Gasteiger partial charge on any atom is -0.506 e. The predicted molar refractivity (Wildman–Crippen MR) is 160 cm³/mol. The van der Waals surface area contributed by atoms with Crippen molar-refractivity contribution in [2.75, 3.05) is 50.7 Å². The molecule has 4 N–H and O–H groups in total. The lowest BCUT2D eigenvalue weighted by molar-refractivity contribution is -0.153. The lowest BCUT2D eigenvalue weighted by Gasteiger charge is -2.60. The predicted octanol–water partition coefficient (Wildman–Crippen LogP) is 3.34. The zero-order valence-corrected chi connectivity index (χ0v) is 24.1. The molecule has 226 valence electrons. The highest BCUT2D eigenvalue weighted by molar-refractivity contribution is 8.24. The van der Waals surface area contributed by atoms with Gasteiger partial charge in [-0.25, -0.2) is 13.4 Å². The monoisotopic (exact) mass is 610 g/mol. The SMILES string of the molecule is COc1ccc(C(=O)/C=C/C(=O)N2CC3(CN(CCc4ccc5cc(O)c(N6CC(=O)NS6(O)O)c(F)c5c4)C3)C2)cc1. The van der Waals surface area contributed by atoms with E-state index in [2.05, 4.69) is 4.90 Å². The van der Waals surface area contributed by atoms with Crippen molar-refractivity contribution in [1.29, 1.82) is 0 Å². The number of hydrogen-bond acceptors (Lipinski definition) is 9. The highest BCUT2D eigenvalue weighted by atomic mass is 32.3. The second-order valence-electron chi connectivity index (χ2n) is 11.3. The number of rotatable bonds is 8. The van der Waals surface area contributed by atoms with Crippen LogP contribution in [-0.4, -0.2) is 88.0 Å². The number of ketones is 1. The molecule has 0 unspecified atom stereocenters. The van der Waals surface area contributed by atoms with Crippen LogP contribution in [0.2, 0.25) is 0 Å². The summed E-state index contributed by atoms with van der Waals surface area (Å²) in [5.74, 6) is -1.80. The third-order valence-electron chi connectivity index (χ3n) is 8.14. The smallest absolute Gasteiger partial charge is 0.260 e. The van der Waals surface area contributed by atoms with Crippen LogP contribution in [0.3, 0.4) is 0 Å². The number of allylic oxidation sites excluding steroid dienone is 1. The number of anilines is 1. The molecule has 43 heavy (non-hydrogen) atoms. The lowest BCUT2D eigenvalue weighted by Crippen LogP contribution is -2.72. The fraction of sp³-hybridized carbons (Fsp3) is 0.300. The Balaban J connectivity index is 1.02. The number of fused-ring (bicyclic) bond motifs is 1. The highest BCUT2D eigenvalue weighted by Gasteiger charge is 2.52. The Kier molecular flexibility index (Phi) is 7.29. The van der Waals surface area contributed by atoms with E-state index in [1.165, 1.54) is 18.2 Å². The van der Waals surface area contributed by atoms with Crippen molar-refractivity contribution in [3.63, 3.8) is 0 Å². The number of ether oxygens (including phenoxy) is 1. The maximum atomic E-state index is 15.6. The number of nitrogens with one attached hydrogen (secondary N) is 1. The molecule has 0 aliphatic carbocycles. The third kappa shape index (κ3) is 5.52. The minimum atomic E-state index is -3.79. The average molecular weight is 611 g/mol. The molecule has 0 bridgehead atoms. The maximum Gasteiger partial charge on any atom is 0.260 e. The molecule has 3 aliphatic rings. The van der Waals surface area contributed by atoms with E-state index in [4.69, 9.17) is 4.74 Å². The first-order valence-corrected chi connectivity index (χ1v) is 15.2. The number of halogens is 1. The van der Waals surface area contributed by atoms with Gasteiger partial charge in [-0.15, -0.1) is 0 Å².